The van der Waals surface area contributed by atoms with Crippen LogP contribution in [0.5, 0.6) is 0 Å². The first-order chi connectivity index (χ1) is 7.72. The summed E-state index contributed by atoms with van der Waals surface area (Å²) in [7, 11) is 0. The van der Waals surface area contributed by atoms with Crippen LogP contribution in [0, 0.1) is 5.92 Å². The van der Waals surface area contributed by atoms with E-state index in [1.165, 1.54) is 0 Å². The zero-order valence-corrected chi connectivity index (χ0v) is 9.76. The molecule has 0 saturated carbocycles. The Morgan fingerprint density at radius 1 is 1.25 bits per heavy atom. The second kappa shape index (κ2) is 6.88. The van der Waals surface area contributed by atoms with Gasteiger partial charge in [0.1, 0.15) is 0 Å². The first-order valence-corrected chi connectivity index (χ1v) is 5.39. The lowest BCUT2D eigenvalue weighted by atomic mass is 10.1. The Bertz CT molecular complexity index is 353. The summed E-state index contributed by atoms with van der Waals surface area (Å²) in [5.74, 6) is 0.559. The molecule has 4 nitrogen and oxygen atoms in total. The third-order valence-corrected chi connectivity index (χ3v) is 2.06. The van der Waals surface area contributed by atoms with Gasteiger partial charge in [0.2, 0.25) is 0 Å². The molecule has 0 N–H and O–H groups in total. The van der Waals surface area contributed by atoms with E-state index >= 15 is 0 Å². The molecule has 0 aliphatic heterocycles. The quantitative estimate of drug-likeness (QED) is 0.409. The third-order valence-electron chi connectivity index (χ3n) is 2.06. The SMILES string of the molecule is CC(C)COCc1ccc(CN=[N+]=[N-])cc1. The Morgan fingerprint density at radius 2 is 1.88 bits per heavy atom. The fourth-order valence-corrected chi connectivity index (χ4v) is 1.27. The molecule has 0 spiro atoms. The van der Waals surface area contributed by atoms with Crippen LogP contribution < -0.4 is 0 Å². The van der Waals surface area contributed by atoms with Gasteiger partial charge in [-0.2, -0.15) is 0 Å². The number of hydrogen-bond donors (Lipinski definition) is 0. The molecule has 1 aromatic carbocycles. The van der Waals surface area contributed by atoms with Crippen molar-refractivity contribution < 1.29 is 4.74 Å². The standard InChI is InChI=1S/C12H17N3O/c1-10(2)8-16-9-12-5-3-11(4-6-12)7-14-15-13/h3-6,10H,7-9H2,1-2H3. The average Bonchev–Trinajstić information content (AvgIpc) is 2.27. The van der Waals surface area contributed by atoms with Crippen LogP contribution in [0.15, 0.2) is 29.4 Å². The van der Waals surface area contributed by atoms with E-state index in [2.05, 4.69) is 23.9 Å². The highest BCUT2D eigenvalue weighted by Crippen LogP contribution is 2.07. The normalized spacial score (nSPS) is 10.2. The van der Waals surface area contributed by atoms with Gasteiger partial charge >= 0.3 is 0 Å². The lowest BCUT2D eigenvalue weighted by Crippen LogP contribution is -2.01. The second-order valence-corrected chi connectivity index (χ2v) is 4.11. The maximum absolute atomic E-state index is 8.19. The number of benzene rings is 1. The summed E-state index contributed by atoms with van der Waals surface area (Å²) >= 11 is 0. The van der Waals surface area contributed by atoms with E-state index in [9.17, 15) is 0 Å². The van der Waals surface area contributed by atoms with Crippen molar-refractivity contribution in [3.8, 4) is 0 Å². The van der Waals surface area contributed by atoms with Crippen LogP contribution in [0.4, 0.5) is 0 Å². The number of rotatable bonds is 6. The summed E-state index contributed by atoms with van der Waals surface area (Å²) in [6.45, 7) is 6.08. The van der Waals surface area contributed by atoms with E-state index in [1.54, 1.807) is 0 Å². The zero-order valence-electron chi connectivity index (χ0n) is 9.76. The van der Waals surface area contributed by atoms with Crippen LogP contribution >= 0.6 is 0 Å². The fraction of sp³-hybridized carbons (Fsp3) is 0.500. The molecule has 0 aliphatic carbocycles. The van der Waals surface area contributed by atoms with Gasteiger partial charge in [-0.25, -0.2) is 0 Å². The molecule has 1 aromatic rings. The number of nitrogens with zero attached hydrogens (tertiary/aromatic N) is 3. The molecule has 1 rings (SSSR count). The molecule has 0 saturated heterocycles. The maximum Gasteiger partial charge on any atom is 0.0717 e. The van der Waals surface area contributed by atoms with E-state index in [-0.39, 0.29) is 0 Å². The zero-order chi connectivity index (χ0) is 11.8. The number of hydrogen-bond acceptors (Lipinski definition) is 2. The van der Waals surface area contributed by atoms with E-state index in [0.29, 0.717) is 19.1 Å². The van der Waals surface area contributed by atoms with Crippen molar-refractivity contribution in [3.05, 3.63) is 45.8 Å². The molecule has 0 bridgehead atoms. The van der Waals surface area contributed by atoms with E-state index in [0.717, 1.165) is 17.7 Å². The Hall–Kier alpha value is -1.51. The molecule has 0 radical (unpaired) electrons. The summed E-state index contributed by atoms with van der Waals surface area (Å²) < 4.78 is 5.52. The molecule has 0 atom stereocenters. The first-order valence-electron chi connectivity index (χ1n) is 5.39. The minimum Gasteiger partial charge on any atom is -0.377 e. The largest absolute Gasteiger partial charge is 0.377 e. The van der Waals surface area contributed by atoms with Gasteiger partial charge in [-0.3, -0.25) is 0 Å². The van der Waals surface area contributed by atoms with Gasteiger partial charge in [0.05, 0.1) is 13.2 Å². The molecule has 0 fully saturated rings. The van der Waals surface area contributed by atoms with Gasteiger partial charge in [-0.15, -0.1) is 0 Å². The molecule has 0 heterocycles. The molecule has 4 heteroatoms. The highest BCUT2D eigenvalue weighted by Gasteiger charge is 1.96. The summed E-state index contributed by atoms with van der Waals surface area (Å²) in [6, 6.07) is 7.93. The van der Waals surface area contributed by atoms with Crippen molar-refractivity contribution in [3.63, 3.8) is 0 Å². The highest BCUT2D eigenvalue weighted by molar-refractivity contribution is 5.21. The summed E-state index contributed by atoms with van der Waals surface area (Å²) in [5.41, 5.74) is 10.4. The van der Waals surface area contributed by atoms with E-state index in [1.807, 2.05) is 24.3 Å². The van der Waals surface area contributed by atoms with Crippen LogP contribution in [0.1, 0.15) is 25.0 Å². The van der Waals surface area contributed by atoms with Crippen molar-refractivity contribution in [1.82, 2.24) is 0 Å². The Labute approximate surface area is 95.9 Å². The van der Waals surface area contributed by atoms with E-state index in [4.69, 9.17) is 10.3 Å². The maximum atomic E-state index is 8.19. The third kappa shape index (κ3) is 4.82. The fourth-order valence-electron chi connectivity index (χ4n) is 1.27. The smallest absolute Gasteiger partial charge is 0.0717 e. The van der Waals surface area contributed by atoms with Crippen molar-refractivity contribution in [2.75, 3.05) is 6.61 Å². The van der Waals surface area contributed by atoms with Crippen LogP contribution in [0.3, 0.4) is 0 Å². The van der Waals surface area contributed by atoms with Crippen molar-refractivity contribution in [2.24, 2.45) is 11.0 Å². The predicted octanol–water partition coefficient (Wildman–Crippen LogP) is 3.67. The first kappa shape index (κ1) is 12.6. The Balaban J connectivity index is 2.41. The second-order valence-electron chi connectivity index (χ2n) is 4.11. The Morgan fingerprint density at radius 3 is 2.44 bits per heavy atom. The molecule has 86 valence electrons. The number of ether oxygens (including phenoxy) is 1. The van der Waals surface area contributed by atoms with Gasteiger partial charge in [-0.05, 0) is 22.6 Å². The van der Waals surface area contributed by atoms with Gasteiger partial charge in [0.15, 0.2) is 0 Å². The highest BCUT2D eigenvalue weighted by atomic mass is 16.5. The summed E-state index contributed by atoms with van der Waals surface area (Å²) in [6.07, 6.45) is 0. The van der Waals surface area contributed by atoms with Crippen LogP contribution in [0.25, 0.3) is 10.4 Å². The topological polar surface area (TPSA) is 58.0 Å². The molecule has 0 aromatic heterocycles. The minimum atomic E-state index is 0.406. The van der Waals surface area contributed by atoms with Gasteiger partial charge in [0, 0.05) is 11.5 Å². The molecule has 0 unspecified atom stereocenters. The van der Waals surface area contributed by atoms with Gasteiger partial charge in [0.25, 0.3) is 0 Å². The summed E-state index contributed by atoms with van der Waals surface area (Å²) in [5, 5.41) is 3.51. The molecule has 0 aliphatic rings. The monoisotopic (exact) mass is 219 g/mol. The minimum absolute atomic E-state index is 0.406. The Kier molecular flexibility index (Phi) is 5.40. The summed E-state index contributed by atoms with van der Waals surface area (Å²) in [4.78, 5) is 2.72. The van der Waals surface area contributed by atoms with Crippen LogP contribution in [0.2, 0.25) is 0 Å². The number of azide groups is 1. The van der Waals surface area contributed by atoms with Gasteiger partial charge in [-0.1, -0.05) is 43.2 Å². The van der Waals surface area contributed by atoms with Gasteiger partial charge < -0.3 is 4.74 Å². The lowest BCUT2D eigenvalue weighted by Gasteiger charge is -2.07. The van der Waals surface area contributed by atoms with Crippen LogP contribution in [-0.2, 0) is 17.9 Å². The average molecular weight is 219 g/mol. The molecule has 0 amide bonds. The molecular weight excluding hydrogens is 202 g/mol. The van der Waals surface area contributed by atoms with Crippen molar-refractivity contribution in [1.29, 1.82) is 0 Å². The molecular formula is C12H17N3O. The molecule has 16 heavy (non-hydrogen) atoms. The van der Waals surface area contributed by atoms with Crippen molar-refractivity contribution in [2.45, 2.75) is 27.0 Å². The van der Waals surface area contributed by atoms with Crippen molar-refractivity contribution >= 4 is 0 Å². The lowest BCUT2D eigenvalue weighted by molar-refractivity contribution is 0.0971. The predicted molar refractivity (Wildman–Crippen MR) is 63.8 cm³/mol. The van der Waals surface area contributed by atoms with Crippen LogP contribution in [-0.4, -0.2) is 6.61 Å². The van der Waals surface area contributed by atoms with E-state index < -0.39 is 0 Å².